The fourth-order valence-electron chi connectivity index (χ4n) is 2.86. The predicted octanol–water partition coefficient (Wildman–Crippen LogP) is 2.47. The van der Waals surface area contributed by atoms with Crippen LogP contribution in [0.4, 0.5) is 5.69 Å². The summed E-state index contributed by atoms with van der Waals surface area (Å²) in [6.07, 6.45) is 0.0844. The molecule has 1 atom stereocenters. The number of ether oxygens (including phenoxy) is 2. The van der Waals surface area contributed by atoms with E-state index < -0.39 is 11.9 Å². The number of anilines is 1. The average molecular weight is 353 g/mol. The van der Waals surface area contributed by atoms with E-state index in [0.717, 1.165) is 5.69 Å². The molecule has 0 unspecified atom stereocenters. The highest BCUT2D eigenvalue weighted by molar-refractivity contribution is 6.01. The van der Waals surface area contributed by atoms with Crippen LogP contribution in [0.1, 0.15) is 16.8 Å². The lowest BCUT2D eigenvalue weighted by Gasteiger charge is -2.16. The van der Waals surface area contributed by atoms with E-state index in [1.54, 1.807) is 29.2 Å². The van der Waals surface area contributed by atoms with Gasteiger partial charge < -0.3 is 14.4 Å². The van der Waals surface area contributed by atoms with Gasteiger partial charge in [0.25, 0.3) is 0 Å². The number of para-hydroxylation sites is 1. The Balaban J connectivity index is 1.57. The van der Waals surface area contributed by atoms with E-state index >= 15 is 0 Å². The summed E-state index contributed by atoms with van der Waals surface area (Å²) in [4.78, 5) is 38.1. The number of rotatable bonds is 6. The van der Waals surface area contributed by atoms with Crippen molar-refractivity contribution in [2.24, 2.45) is 5.92 Å². The molecule has 0 N–H and O–H groups in total. The molecule has 3 rings (SSSR count). The average Bonchev–Trinajstić information content (AvgIpc) is 3.08. The van der Waals surface area contributed by atoms with Crippen molar-refractivity contribution >= 4 is 23.3 Å². The molecule has 26 heavy (non-hydrogen) atoms. The Morgan fingerprint density at radius 2 is 1.88 bits per heavy atom. The number of ketones is 1. The molecule has 2 aromatic rings. The number of methoxy groups -OCH3 is 1. The largest absolute Gasteiger partial charge is 0.497 e. The van der Waals surface area contributed by atoms with E-state index in [1.807, 2.05) is 30.3 Å². The first-order chi connectivity index (χ1) is 12.6. The van der Waals surface area contributed by atoms with Crippen molar-refractivity contribution < 1.29 is 23.9 Å². The lowest BCUT2D eigenvalue weighted by molar-refractivity contribution is -0.147. The monoisotopic (exact) mass is 353 g/mol. The van der Waals surface area contributed by atoms with Gasteiger partial charge in [0.2, 0.25) is 5.91 Å². The summed E-state index contributed by atoms with van der Waals surface area (Å²) in [5.41, 5.74) is 1.16. The number of nitrogens with zero attached hydrogens (tertiary/aromatic N) is 1. The number of amides is 1. The molecule has 6 heteroatoms. The number of esters is 1. The fourth-order valence-corrected chi connectivity index (χ4v) is 2.86. The van der Waals surface area contributed by atoms with Crippen molar-refractivity contribution in [3.63, 3.8) is 0 Å². The predicted molar refractivity (Wildman–Crippen MR) is 95.2 cm³/mol. The maximum Gasteiger partial charge on any atom is 0.311 e. The number of carbonyl (C=O) groups is 3. The van der Waals surface area contributed by atoms with Crippen LogP contribution < -0.4 is 9.64 Å². The van der Waals surface area contributed by atoms with E-state index in [0.29, 0.717) is 11.3 Å². The van der Waals surface area contributed by atoms with Crippen LogP contribution in [0, 0.1) is 5.92 Å². The normalized spacial score (nSPS) is 16.4. The van der Waals surface area contributed by atoms with Gasteiger partial charge >= 0.3 is 5.97 Å². The van der Waals surface area contributed by atoms with Gasteiger partial charge in [-0.3, -0.25) is 14.4 Å². The minimum Gasteiger partial charge on any atom is -0.497 e. The van der Waals surface area contributed by atoms with Crippen molar-refractivity contribution in [1.82, 2.24) is 0 Å². The molecule has 1 fully saturated rings. The third-order valence-corrected chi connectivity index (χ3v) is 4.26. The summed E-state index contributed by atoms with van der Waals surface area (Å²) in [6, 6.07) is 15.8. The standard InChI is InChI=1S/C20H19NO5/c1-25-17-9-5-6-14(10-17)18(22)13-26-20(24)15-11-19(23)21(12-15)16-7-3-2-4-8-16/h2-10,15H,11-13H2,1H3/t15-/m0/s1. The number of Topliss-reactive ketones (excluding diaryl/α,β-unsaturated/α-hetero) is 1. The van der Waals surface area contributed by atoms with E-state index in [1.165, 1.54) is 7.11 Å². The van der Waals surface area contributed by atoms with Crippen LogP contribution in [0.15, 0.2) is 54.6 Å². The zero-order valence-electron chi connectivity index (χ0n) is 14.4. The van der Waals surface area contributed by atoms with Crippen LogP contribution in [0.3, 0.4) is 0 Å². The van der Waals surface area contributed by atoms with Gasteiger partial charge in [-0.15, -0.1) is 0 Å². The zero-order chi connectivity index (χ0) is 18.5. The van der Waals surface area contributed by atoms with Gasteiger partial charge in [0.15, 0.2) is 12.4 Å². The lowest BCUT2D eigenvalue weighted by atomic mass is 10.1. The summed E-state index contributed by atoms with van der Waals surface area (Å²) in [7, 11) is 1.51. The summed E-state index contributed by atoms with van der Waals surface area (Å²) < 4.78 is 10.2. The Morgan fingerprint density at radius 1 is 1.12 bits per heavy atom. The quantitative estimate of drug-likeness (QED) is 0.589. The maximum atomic E-state index is 12.2. The topological polar surface area (TPSA) is 72.9 Å². The number of hydrogen-bond acceptors (Lipinski definition) is 5. The molecule has 0 aromatic heterocycles. The molecule has 134 valence electrons. The second-order valence-electron chi connectivity index (χ2n) is 6.00. The highest BCUT2D eigenvalue weighted by Crippen LogP contribution is 2.25. The summed E-state index contributed by atoms with van der Waals surface area (Å²) >= 11 is 0. The summed E-state index contributed by atoms with van der Waals surface area (Å²) in [5.74, 6) is -0.991. The van der Waals surface area contributed by atoms with Crippen molar-refractivity contribution in [2.45, 2.75) is 6.42 Å². The molecule has 0 aliphatic carbocycles. The van der Waals surface area contributed by atoms with E-state index in [4.69, 9.17) is 9.47 Å². The molecule has 6 nitrogen and oxygen atoms in total. The molecule has 1 heterocycles. The highest BCUT2D eigenvalue weighted by atomic mass is 16.5. The highest BCUT2D eigenvalue weighted by Gasteiger charge is 2.36. The van der Waals surface area contributed by atoms with Gasteiger partial charge in [0.05, 0.1) is 13.0 Å². The Kier molecular flexibility index (Phi) is 5.31. The molecule has 2 aromatic carbocycles. The minimum atomic E-state index is -0.569. The first kappa shape index (κ1) is 17.7. The Labute approximate surface area is 151 Å². The molecule has 1 aliphatic heterocycles. The van der Waals surface area contributed by atoms with Crippen molar-refractivity contribution in [3.05, 3.63) is 60.2 Å². The van der Waals surface area contributed by atoms with Crippen LogP contribution in [0.5, 0.6) is 5.75 Å². The smallest absolute Gasteiger partial charge is 0.311 e. The minimum absolute atomic E-state index is 0.0844. The van der Waals surface area contributed by atoms with E-state index in [2.05, 4.69) is 0 Å². The summed E-state index contributed by atoms with van der Waals surface area (Å²) in [5, 5.41) is 0. The van der Waals surface area contributed by atoms with Crippen LogP contribution in [-0.4, -0.2) is 37.9 Å². The Hall–Kier alpha value is -3.15. The molecular weight excluding hydrogens is 334 g/mol. The van der Waals surface area contributed by atoms with E-state index in [9.17, 15) is 14.4 Å². The van der Waals surface area contributed by atoms with Gasteiger partial charge in [0.1, 0.15) is 5.75 Å². The van der Waals surface area contributed by atoms with Gasteiger partial charge in [0, 0.05) is 24.2 Å². The molecule has 1 amide bonds. The first-order valence-corrected chi connectivity index (χ1v) is 8.28. The molecule has 0 bridgehead atoms. The second kappa shape index (κ2) is 7.82. The van der Waals surface area contributed by atoms with E-state index in [-0.39, 0.29) is 31.3 Å². The second-order valence-corrected chi connectivity index (χ2v) is 6.00. The van der Waals surface area contributed by atoms with Crippen LogP contribution in [-0.2, 0) is 14.3 Å². The van der Waals surface area contributed by atoms with Crippen molar-refractivity contribution in [2.75, 3.05) is 25.2 Å². The van der Waals surface area contributed by atoms with Crippen LogP contribution in [0.25, 0.3) is 0 Å². The molecule has 1 saturated heterocycles. The third-order valence-electron chi connectivity index (χ3n) is 4.26. The number of hydrogen-bond donors (Lipinski definition) is 0. The van der Waals surface area contributed by atoms with Gasteiger partial charge in [-0.25, -0.2) is 0 Å². The van der Waals surface area contributed by atoms with Crippen molar-refractivity contribution in [3.8, 4) is 5.75 Å². The summed E-state index contributed by atoms with van der Waals surface area (Å²) in [6.45, 7) is -0.100. The SMILES string of the molecule is COc1cccc(C(=O)COC(=O)[C@H]2CC(=O)N(c3ccccc3)C2)c1. The molecule has 0 saturated carbocycles. The molecule has 1 aliphatic rings. The molecule has 0 spiro atoms. The lowest BCUT2D eigenvalue weighted by Crippen LogP contribution is -2.27. The maximum absolute atomic E-state index is 12.2. The van der Waals surface area contributed by atoms with Crippen LogP contribution >= 0.6 is 0 Å². The fraction of sp³-hybridized carbons (Fsp3) is 0.250. The third kappa shape index (κ3) is 3.91. The first-order valence-electron chi connectivity index (χ1n) is 8.28. The van der Waals surface area contributed by atoms with Gasteiger partial charge in [-0.1, -0.05) is 30.3 Å². The van der Waals surface area contributed by atoms with Gasteiger partial charge in [-0.2, -0.15) is 0 Å². The number of benzene rings is 2. The zero-order valence-corrected chi connectivity index (χ0v) is 14.4. The number of carbonyl (C=O) groups excluding carboxylic acids is 3. The Bertz CT molecular complexity index is 818. The van der Waals surface area contributed by atoms with Crippen molar-refractivity contribution in [1.29, 1.82) is 0 Å². The molecular formula is C20H19NO5. The van der Waals surface area contributed by atoms with Gasteiger partial charge in [-0.05, 0) is 24.3 Å². The molecule has 0 radical (unpaired) electrons. The Morgan fingerprint density at radius 3 is 2.62 bits per heavy atom. The van der Waals surface area contributed by atoms with Crippen LogP contribution in [0.2, 0.25) is 0 Å².